The fourth-order valence-corrected chi connectivity index (χ4v) is 12.5. The van der Waals surface area contributed by atoms with Crippen LogP contribution < -0.4 is 80.8 Å². The second-order valence-corrected chi connectivity index (χ2v) is 29.3. The van der Waals surface area contributed by atoms with Crippen molar-refractivity contribution in [2.24, 2.45) is 17.4 Å². The molecule has 2 fully saturated rings. The largest absolute Gasteiger partial charge is 0.481 e. The zero-order chi connectivity index (χ0) is 90.4. The van der Waals surface area contributed by atoms with Gasteiger partial charge in [0.15, 0.2) is 23.5 Å². The van der Waals surface area contributed by atoms with Crippen molar-refractivity contribution in [2.75, 3.05) is 105 Å². The Morgan fingerprint density at radius 1 is 0.500 bits per heavy atom. The fraction of sp³-hybridized carbons (Fsp3) is 0.595. The summed E-state index contributed by atoms with van der Waals surface area (Å²) in [5.74, 6) is -13.8. The van der Waals surface area contributed by atoms with Crippen molar-refractivity contribution < 1.29 is 106 Å². The molecule has 2 saturated heterocycles. The molecule has 45 heteroatoms. The third-order valence-corrected chi connectivity index (χ3v) is 19.1. The number of nitrogens with one attached hydrogen (secondary N) is 15. The number of unbranched alkanes of at least 4 members (excludes halogenated alkanes) is 3. The molecule has 684 valence electrons. The number of carboxylic acids is 2. The van der Waals surface area contributed by atoms with Gasteiger partial charge in [-0.05, 0) is 94.6 Å². The summed E-state index contributed by atoms with van der Waals surface area (Å²) in [6.07, 6.45) is 3.03. The zero-order valence-electron chi connectivity index (χ0n) is 70.0. The van der Waals surface area contributed by atoms with Gasteiger partial charge in [0, 0.05) is 77.8 Å². The second kappa shape index (κ2) is 58.5. The third-order valence-electron chi connectivity index (χ3n) is 19.1. The van der Waals surface area contributed by atoms with E-state index in [0.29, 0.717) is 43.8 Å². The van der Waals surface area contributed by atoms with E-state index in [9.17, 15) is 86.9 Å². The molecule has 2 aliphatic heterocycles. The summed E-state index contributed by atoms with van der Waals surface area (Å²) in [5.41, 5.74) is 17.5. The first-order chi connectivity index (χ1) is 59.5. The highest BCUT2D eigenvalue weighted by atomic mass is 16.6. The lowest BCUT2D eigenvalue weighted by molar-refractivity contribution is -0.143. The average Bonchev–Trinajstić information content (AvgIpc) is 1.16. The molecule has 2 aliphatic rings. The van der Waals surface area contributed by atoms with Crippen LogP contribution in [0.2, 0.25) is 0 Å². The Morgan fingerprint density at radius 2 is 0.960 bits per heavy atom. The number of rotatable bonds is 53. The van der Waals surface area contributed by atoms with Crippen molar-refractivity contribution in [1.29, 1.82) is 10.8 Å². The summed E-state index contributed by atoms with van der Waals surface area (Å²) in [5, 5.41) is 72.6. The first kappa shape index (κ1) is 102. The fourth-order valence-electron chi connectivity index (χ4n) is 12.5. The minimum atomic E-state index is -1.75. The summed E-state index contributed by atoms with van der Waals surface area (Å²) >= 11 is 0. The van der Waals surface area contributed by atoms with E-state index in [1.807, 2.05) is 0 Å². The third kappa shape index (κ3) is 43.3. The van der Waals surface area contributed by atoms with Crippen LogP contribution >= 0.6 is 0 Å². The van der Waals surface area contributed by atoms with Gasteiger partial charge >= 0.3 is 24.0 Å². The number of urea groups is 2. The molecular formula is C79H121N23O22. The number of guanidine groups is 2. The first-order valence-electron chi connectivity index (χ1n) is 41.5. The van der Waals surface area contributed by atoms with E-state index in [0.717, 1.165) is 35.0 Å². The Hall–Kier alpha value is -12.5. The molecule has 3 heterocycles. The van der Waals surface area contributed by atoms with E-state index in [4.69, 9.17) is 41.2 Å². The lowest BCUT2D eigenvalue weighted by Crippen LogP contribution is -2.59. The minimum Gasteiger partial charge on any atom is -0.481 e. The van der Waals surface area contributed by atoms with Gasteiger partial charge in [-0.3, -0.25) is 88.8 Å². The summed E-state index contributed by atoms with van der Waals surface area (Å²) in [6.45, 7) is 1.71. The molecule has 0 radical (unpaired) electrons. The molecule has 1 aromatic heterocycles. The molecule has 0 bridgehead atoms. The monoisotopic (exact) mass is 1740 g/mol. The van der Waals surface area contributed by atoms with Gasteiger partial charge in [0.25, 0.3) is 5.91 Å². The number of aliphatic carboxylic acids is 2. The highest BCUT2D eigenvalue weighted by Crippen LogP contribution is 2.16. The number of hydrogen-bond donors (Lipinski definition) is 19. The SMILES string of the molecule is CCCCc1cn(CC(=O)CCCOCCOCCOCCOCCC(=O)N(CCC(=O)NCCCC[C@@H]2NC(=O)N(Cc3ccccc3)NC(=O)[C@H](CC(=O)O)CC(=O)CNC(=O)[C@H](CCCNC(=N)N)NC2=O)CCC(=O)NCCCC[C@@H]2NC(=O)N(Cc3ccccc3)NC(=O)[C@H](CC(=O)O)NC(=O)CNC(=O)[C@H](CCCNC(=N)N)NC2=O)nn1. The van der Waals surface area contributed by atoms with Crippen LogP contribution in [0.1, 0.15) is 152 Å². The van der Waals surface area contributed by atoms with Crippen molar-refractivity contribution >= 4 is 107 Å². The number of ketones is 2. The highest BCUT2D eigenvalue weighted by Gasteiger charge is 2.35. The number of carbonyl (C=O) groups excluding carboxylic acids is 14. The summed E-state index contributed by atoms with van der Waals surface area (Å²) in [6, 6.07) is 7.26. The molecule has 2 aromatic carbocycles. The van der Waals surface area contributed by atoms with Gasteiger partial charge in [0.05, 0.1) is 103 Å². The molecule has 6 atom stereocenters. The standard InChI is InChI=1S/C79H121N23O22/c1-2-3-21-56-51-100(98-95-56)52-57(103)22-16-36-121-38-40-123-42-43-124-41-39-122-37-29-67(108)99(34-27-64(105)84-30-12-10-23-61-73(116)91-59(25-14-32-86-76(80)81)71(114)88-47-58(104)44-55(45-68(109)110)70(113)96-101(78(119)93-61)49-53-17-6-4-7-18-53)35-28-65(106)85-31-13-11-24-62-74(117)92-60(26-15-33-87-77(82)83)72(115)89-48-66(107)90-63(46-69(111)112)75(118)97-102(79(120)94-62)50-54-19-8-5-9-20-54/h4-9,17-20,51,55,59-63H,2-3,10-16,21-50,52H2,1H3,(H,84,105)(H,85,106)(H,88,114)(H,89,115)(H,90,107)(H,91,116)(H,92,117)(H,93,119)(H,94,120)(H,96,113)(H,97,118)(H,109,110)(H,111,112)(H4,80,81,86)(H4,82,83,87)/t55-,59-,60-,61-,62-,63-/m0/s1. The van der Waals surface area contributed by atoms with Gasteiger partial charge in [-0.2, -0.15) is 0 Å². The van der Waals surface area contributed by atoms with Crippen LogP contribution in [0.4, 0.5) is 9.59 Å². The number of hydrogen-bond acceptors (Lipinski definition) is 24. The van der Waals surface area contributed by atoms with Crippen molar-refractivity contribution in [2.45, 2.75) is 192 Å². The number of benzene rings is 2. The van der Waals surface area contributed by atoms with Crippen LogP contribution in [-0.4, -0.2) is 282 Å². The quantitative estimate of drug-likeness (QED) is 0.0159. The van der Waals surface area contributed by atoms with Crippen molar-refractivity contribution in [3.63, 3.8) is 0 Å². The van der Waals surface area contributed by atoms with E-state index in [-0.39, 0.29) is 193 Å². The number of aryl methyl sites for hydroxylation is 1. The van der Waals surface area contributed by atoms with Crippen molar-refractivity contribution in [3.8, 4) is 0 Å². The van der Waals surface area contributed by atoms with Gasteiger partial charge in [0.2, 0.25) is 53.2 Å². The smallest absolute Gasteiger partial charge is 0.337 e. The Morgan fingerprint density at radius 3 is 1.45 bits per heavy atom. The van der Waals surface area contributed by atoms with Crippen LogP contribution in [0.25, 0.3) is 0 Å². The number of amides is 14. The molecule has 21 N–H and O–H groups in total. The molecule has 45 nitrogen and oxygen atoms in total. The Labute approximate surface area is 717 Å². The highest BCUT2D eigenvalue weighted by molar-refractivity contribution is 5.98. The normalized spacial score (nSPS) is 17.8. The lowest BCUT2D eigenvalue weighted by Gasteiger charge is -2.28. The second-order valence-electron chi connectivity index (χ2n) is 29.3. The molecule has 3 aromatic rings. The number of nitrogens with zero attached hydrogens (tertiary/aromatic N) is 6. The molecule has 124 heavy (non-hydrogen) atoms. The predicted octanol–water partition coefficient (Wildman–Crippen LogP) is -2.40. The zero-order valence-corrected chi connectivity index (χ0v) is 70.0. The van der Waals surface area contributed by atoms with E-state index in [2.05, 4.69) is 86.6 Å². The van der Waals surface area contributed by atoms with Gasteiger partial charge in [0.1, 0.15) is 36.8 Å². The number of aromatic nitrogens is 3. The number of Topliss-reactive ketones (excluding diaryl/α,β-unsaturated/α-hetero) is 2. The molecule has 5 rings (SSSR count). The minimum absolute atomic E-state index is 0.00292. The van der Waals surface area contributed by atoms with E-state index >= 15 is 0 Å². The molecule has 0 saturated carbocycles. The average molecular weight is 1740 g/mol. The number of carboxylic acid groups (broad SMARTS) is 2. The van der Waals surface area contributed by atoms with Gasteiger partial charge in [-0.25, -0.2) is 24.3 Å². The maximum Gasteiger partial charge on any atom is 0.337 e. The number of hydrazine groups is 2. The van der Waals surface area contributed by atoms with Crippen LogP contribution in [0.5, 0.6) is 0 Å². The molecule has 0 unspecified atom stereocenters. The molecular weight excluding hydrogens is 1620 g/mol. The number of nitrogens with two attached hydrogens (primary N) is 2. The van der Waals surface area contributed by atoms with Crippen LogP contribution in [-0.2, 0) is 112 Å². The molecule has 14 amide bonds. The number of ether oxygens (including phenoxy) is 4. The van der Waals surface area contributed by atoms with Crippen LogP contribution in [0.3, 0.4) is 0 Å². The Bertz CT molecular complexity index is 3780. The summed E-state index contributed by atoms with van der Waals surface area (Å²) < 4.78 is 24.1. The van der Waals surface area contributed by atoms with Gasteiger partial charge < -0.3 is 104 Å². The van der Waals surface area contributed by atoms with Crippen molar-refractivity contribution in [3.05, 3.63) is 83.7 Å². The maximum atomic E-state index is 14.3. The molecule has 0 aliphatic carbocycles. The van der Waals surface area contributed by atoms with E-state index in [1.54, 1.807) is 71.5 Å². The van der Waals surface area contributed by atoms with Gasteiger partial charge in [-0.15, -0.1) is 5.10 Å². The summed E-state index contributed by atoms with van der Waals surface area (Å²) in [7, 11) is 0. The Balaban J connectivity index is 1.23. The van der Waals surface area contributed by atoms with E-state index < -0.39 is 157 Å². The maximum absolute atomic E-state index is 14.3. The van der Waals surface area contributed by atoms with Gasteiger partial charge in [-0.1, -0.05) is 79.2 Å². The lowest BCUT2D eigenvalue weighted by atomic mass is 9.97. The predicted molar refractivity (Wildman–Crippen MR) is 443 cm³/mol. The topological polar surface area (TPSA) is 647 Å². The number of carbonyl (C=O) groups is 16. The van der Waals surface area contributed by atoms with Crippen molar-refractivity contribution in [1.82, 2.24) is 99.2 Å². The first-order valence-corrected chi connectivity index (χ1v) is 41.5. The van der Waals surface area contributed by atoms with Crippen LogP contribution in [0.15, 0.2) is 66.9 Å². The summed E-state index contributed by atoms with van der Waals surface area (Å²) in [4.78, 5) is 217. The van der Waals surface area contributed by atoms with E-state index in [1.165, 1.54) is 4.90 Å². The van der Waals surface area contributed by atoms with Crippen LogP contribution in [0, 0.1) is 16.7 Å². The Kier molecular flexibility index (Phi) is 48.1. The molecule has 0 spiro atoms.